The molecule has 0 unspecified atom stereocenters. The van der Waals surface area contributed by atoms with E-state index in [-0.39, 0.29) is 12.1 Å². The van der Waals surface area contributed by atoms with Gasteiger partial charge in [0.2, 0.25) is 0 Å². The third-order valence-electron chi connectivity index (χ3n) is 8.04. The first-order chi connectivity index (χ1) is 16.5. The van der Waals surface area contributed by atoms with E-state index in [9.17, 15) is 9.65 Å². The van der Waals surface area contributed by atoms with Gasteiger partial charge in [0.1, 0.15) is 17.3 Å². The molecule has 8 nitrogen and oxygen atoms in total. The summed E-state index contributed by atoms with van der Waals surface area (Å²) in [6, 6.07) is 12.5. The van der Waals surface area contributed by atoms with E-state index >= 15 is 0 Å². The van der Waals surface area contributed by atoms with E-state index in [1.54, 1.807) is 6.07 Å². The normalized spacial score (nSPS) is 23.1. The number of rotatable bonds is 2. The monoisotopic (exact) mass is 456 g/mol. The maximum absolute atomic E-state index is 14.7. The fraction of sp³-hybridized carbons (Fsp3) is 0.400. The van der Waals surface area contributed by atoms with Gasteiger partial charge in [0, 0.05) is 42.2 Å². The Labute approximate surface area is 195 Å². The molecular formula is C25H25FN8. The van der Waals surface area contributed by atoms with Crippen LogP contribution >= 0.6 is 0 Å². The van der Waals surface area contributed by atoms with Gasteiger partial charge >= 0.3 is 0 Å². The lowest BCUT2D eigenvalue weighted by atomic mass is 10.0. The molecule has 2 fully saturated rings. The molecule has 3 aromatic heterocycles. The first-order valence-corrected chi connectivity index (χ1v) is 11.8. The van der Waals surface area contributed by atoms with Crippen molar-refractivity contribution in [2.75, 3.05) is 29.4 Å². The second-order valence-electron chi connectivity index (χ2n) is 10.1. The second kappa shape index (κ2) is 6.70. The number of hydrogen-bond donors (Lipinski definition) is 1. The number of nitrogens with zero attached hydrogens (tertiary/aromatic N) is 7. The van der Waals surface area contributed by atoms with Crippen molar-refractivity contribution in [1.82, 2.24) is 19.4 Å². The minimum Gasteiger partial charge on any atom is -0.369 e. The van der Waals surface area contributed by atoms with Gasteiger partial charge in [-0.1, -0.05) is 0 Å². The molecule has 3 aliphatic rings. The van der Waals surface area contributed by atoms with Crippen LogP contribution in [-0.2, 0) is 6.54 Å². The van der Waals surface area contributed by atoms with Gasteiger partial charge < -0.3 is 15.5 Å². The predicted molar refractivity (Wildman–Crippen MR) is 127 cm³/mol. The van der Waals surface area contributed by atoms with E-state index in [1.807, 2.05) is 6.07 Å². The lowest BCUT2D eigenvalue weighted by molar-refractivity contribution is 0.430. The molecule has 7 rings (SSSR count). The van der Waals surface area contributed by atoms with E-state index in [0.29, 0.717) is 29.7 Å². The average molecular weight is 457 g/mol. The lowest BCUT2D eigenvalue weighted by Gasteiger charge is -2.34. The minimum absolute atomic E-state index is 0.108. The van der Waals surface area contributed by atoms with Gasteiger partial charge in [-0.2, -0.15) is 15.5 Å². The standard InChI is InChI=1S/C25H25FN8/c1-15-11-31(21-5-3-17(9-27)34-24(21)19(26)10-29-34)12-22-18-4-2-16(8-20(18)30-33(15)22)32-13-23(28)25(14-32)6-7-25/h2-5,8,10,15,23H,6-7,11-14,28H2,1H3/t15-,23-/m1/s1. The summed E-state index contributed by atoms with van der Waals surface area (Å²) in [6.07, 6.45) is 3.64. The molecule has 34 heavy (non-hydrogen) atoms. The molecule has 2 aliphatic heterocycles. The maximum atomic E-state index is 14.7. The van der Waals surface area contributed by atoms with Gasteiger partial charge in [-0.05, 0) is 50.1 Å². The number of fused-ring (bicyclic) bond motifs is 4. The number of pyridine rings is 1. The number of nitriles is 1. The predicted octanol–water partition coefficient (Wildman–Crippen LogP) is 3.20. The number of halogens is 1. The molecule has 5 heterocycles. The van der Waals surface area contributed by atoms with Crippen LogP contribution < -0.4 is 15.5 Å². The maximum Gasteiger partial charge on any atom is 0.171 e. The van der Waals surface area contributed by atoms with Crippen LogP contribution in [0.3, 0.4) is 0 Å². The quantitative estimate of drug-likeness (QED) is 0.498. The van der Waals surface area contributed by atoms with Crippen molar-refractivity contribution in [3.05, 3.63) is 53.7 Å². The molecule has 1 aromatic carbocycles. The van der Waals surface area contributed by atoms with Crippen molar-refractivity contribution in [1.29, 1.82) is 5.26 Å². The molecule has 4 aromatic rings. The van der Waals surface area contributed by atoms with Crippen LogP contribution in [0.1, 0.15) is 37.2 Å². The molecule has 1 saturated heterocycles. The summed E-state index contributed by atoms with van der Waals surface area (Å²) < 4.78 is 18.2. The second-order valence-corrected chi connectivity index (χ2v) is 10.1. The van der Waals surface area contributed by atoms with Gasteiger partial charge in [0.15, 0.2) is 5.82 Å². The first-order valence-electron chi connectivity index (χ1n) is 11.8. The lowest BCUT2D eigenvalue weighted by Crippen LogP contribution is -2.36. The Morgan fingerprint density at radius 1 is 1.18 bits per heavy atom. The molecule has 0 amide bonds. The van der Waals surface area contributed by atoms with Gasteiger partial charge in [-0.25, -0.2) is 8.91 Å². The zero-order valence-electron chi connectivity index (χ0n) is 18.9. The van der Waals surface area contributed by atoms with E-state index in [4.69, 9.17) is 10.8 Å². The van der Waals surface area contributed by atoms with Gasteiger partial charge in [-0.15, -0.1) is 0 Å². The molecule has 1 saturated carbocycles. The number of hydrogen-bond acceptors (Lipinski definition) is 6. The van der Waals surface area contributed by atoms with Crippen LogP contribution in [0.2, 0.25) is 0 Å². The molecule has 0 radical (unpaired) electrons. The van der Waals surface area contributed by atoms with E-state index in [0.717, 1.165) is 35.4 Å². The SMILES string of the molecule is C[C@@H]1CN(c2ccc(C#N)n3ncc(F)c23)Cc2c3ccc(N4C[C@@H](N)C5(CC5)C4)cc3nn21. The van der Waals surface area contributed by atoms with Crippen LogP contribution in [0.15, 0.2) is 36.5 Å². The number of anilines is 2. The van der Waals surface area contributed by atoms with E-state index in [2.05, 4.69) is 50.8 Å². The number of benzene rings is 1. The third kappa shape index (κ3) is 2.66. The Morgan fingerprint density at radius 2 is 2.03 bits per heavy atom. The summed E-state index contributed by atoms with van der Waals surface area (Å²) in [5, 5.41) is 19.5. The fourth-order valence-electron chi connectivity index (χ4n) is 5.96. The zero-order valence-corrected chi connectivity index (χ0v) is 18.9. The smallest absolute Gasteiger partial charge is 0.171 e. The summed E-state index contributed by atoms with van der Waals surface area (Å²) in [7, 11) is 0. The van der Waals surface area contributed by atoms with E-state index in [1.165, 1.54) is 29.2 Å². The van der Waals surface area contributed by atoms with Crippen molar-refractivity contribution in [3.8, 4) is 6.07 Å². The summed E-state index contributed by atoms with van der Waals surface area (Å²) >= 11 is 0. The Hall–Kier alpha value is -3.64. The summed E-state index contributed by atoms with van der Waals surface area (Å²) in [5.41, 5.74) is 11.4. The highest BCUT2D eigenvalue weighted by molar-refractivity contribution is 5.86. The largest absolute Gasteiger partial charge is 0.369 e. The van der Waals surface area contributed by atoms with Crippen molar-refractivity contribution in [2.24, 2.45) is 11.1 Å². The molecule has 2 atom stereocenters. The molecule has 1 spiro atoms. The summed E-state index contributed by atoms with van der Waals surface area (Å²) in [4.78, 5) is 4.56. The Balaban J connectivity index is 1.27. The van der Waals surface area contributed by atoms with Crippen molar-refractivity contribution < 1.29 is 4.39 Å². The minimum atomic E-state index is -0.425. The fourth-order valence-corrected chi connectivity index (χ4v) is 5.96. The zero-order chi connectivity index (χ0) is 23.2. The molecule has 2 N–H and O–H groups in total. The van der Waals surface area contributed by atoms with Crippen molar-refractivity contribution in [3.63, 3.8) is 0 Å². The van der Waals surface area contributed by atoms with Crippen molar-refractivity contribution >= 4 is 27.8 Å². The van der Waals surface area contributed by atoms with Gasteiger partial charge in [0.05, 0.1) is 35.7 Å². The third-order valence-corrected chi connectivity index (χ3v) is 8.04. The van der Waals surface area contributed by atoms with Crippen molar-refractivity contribution in [2.45, 2.75) is 38.4 Å². The van der Waals surface area contributed by atoms with Gasteiger partial charge in [-0.3, -0.25) is 4.68 Å². The van der Waals surface area contributed by atoms with Crippen LogP contribution in [0.5, 0.6) is 0 Å². The number of aromatic nitrogens is 4. The summed E-state index contributed by atoms with van der Waals surface area (Å²) in [6.45, 7) is 5.35. The van der Waals surface area contributed by atoms with Crippen LogP contribution in [0.25, 0.3) is 16.4 Å². The van der Waals surface area contributed by atoms with Crippen LogP contribution in [0, 0.1) is 22.6 Å². The Morgan fingerprint density at radius 3 is 2.79 bits per heavy atom. The highest BCUT2D eigenvalue weighted by atomic mass is 19.1. The van der Waals surface area contributed by atoms with Gasteiger partial charge in [0.25, 0.3) is 0 Å². The Kier molecular flexibility index (Phi) is 3.90. The van der Waals surface area contributed by atoms with Crippen LogP contribution in [-0.4, -0.2) is 45.1 Å². The molecule has 0 bridgehead atoms. The molecule has 1 aliphatic carbocycles. The Bertz CT molecular complexity index is 1510. The highest BCUT2D eigenvalue weighted by Crippen LogP contribution is 2.52. The molecule has 172 valence electrons. The summed E-state index contributed by atoms with van der Waals surface area (Å²) in [5.74, 6) is -0.425. The van der Waals surface area contributed by atoms with Crippen LogP contribution in [0.4, 0.5) is 15.8 Å². The van der Waals surface area contributed by atoms with E-state index < -0.39 is 5.82 Å². The highest BCUT2D eigenvalue weighted by Gasteiger charge is 2.53. The number of nitrogens with two attached hydrogens (primary N) is 1. The molecule has 9 heteroatoms. The molecular weight excluding hydrogens is 431 g/mol. The first kappa shape index (κ1) is 19.8. The topological polar surface area (TPSA) is 91.4 Å². The average Bonchev–Trinajstić information content (AvgIpc) is 3.21.